The molecule has 4 rings (SSSR count). The number of aryl methyl sites for hydroxylation is 3. The van der Waals surface area contributed by atoms with Crippen molar-refractivity contribution in [2.24, 2.45) is 0 Å². The highest BCUT2D eigenvalue weighted by Gasteiger charge is 2.22. The molecule has 6 nitrogen and oxygen atoms in total. The zero-order valence-corrected chi connectivity index (χ0v) is 16.2. The van der Waals surface area contributed by atoms with Crippen LogP contribution in [0.4, 0.5) is 10.1 Å². The first-order valence-corrected chi connectivity index (χ1v) is 8.61. The van der Waals surface area contributed by atoms with Gasteiger partial charge in [-0.15, -0.1) is 12.4 Å². The Kier molecular flexibility index (Phi) is 5.17. The number of rotatable bonds is 2. The molecule has 8 heteroatoms. The van der Waals surface area contributed by atoms with Gasteiger partial charge in [0.2, 0.25) is 0 Å². The van der Waals surface area contributed by atoms with Crippen LogP contribution in [0.5, 0.6) is 0 Å². The number of hydrogen-bond donors (Lipinski definition) is 2. The molecule has 3 heterocycles. The van der Waals surface area contributed by atoms with Crippen LogP contribution < -0.4 is 10.6 Å². The maximum atomic E-state index is 14.8. The average Bonchev–Trinajstić information content (AvgIpc) is 2.94. The van der Waals surface area contributed by atoms with Gasteiger partial charge in [-0.3, -0.25) is 4.79 Å². The Balaban J connectivity index is 0.00000210. The lowest BCUT2D eigenvalue weighted by Gasteiger charge is -2.19. The summed E-state index contributed by atoms with van der Waals surface area (Å²) in [6.45, 7) is 6.92. The molecule has 1 aliphatic heterocycles. The smallest absolute Gasteiger partial charge is 0.261 e. The fourth-order valence-corrected chi connectivity index (χ4v) is 3.51. The van der Waals surface area contributed by atoms with Crippen molar-refractivity contribution in [1.29, 1.82) is 0 Å². The summed E-state index contributed by atoms with van der Waals surface area (Å²) in [6.07, 6.45) is 0.612. The molecule has 27 heavy (non-hydrogen) atoms. The third kappa shape index (κ3) is 3.28. The van der Waals surface area contributed by atoms with Gasteiger partial charge in [0.1, 0.15) is 11.4 Å². The predicted molar refractivity (Wildman–Crippen MR) is 104 cm³/mol. The minimum absolute atomic E-state index is 0. The highest BCUT2D eigenvalue weighted by molar-refractivity contribution is 6.09. The van der Waals surface area contributed by atoms with Crippen molar-refractivity contribution in [3.8, 4) is 0 Å². The lowest BCUT2D eigenvalue weighted by Crippen LogP contribution is -2.25. The zero-order chi connectivity index (χ0) is 18.4. The highest BCUT2D eigenvalue weighted by Crippen LogP contribution is 2.26. The van der Waals surface area contributed by atoms with Crippen LogP contribution in [0.2, 0.25) is 0 Å². The van der Waals surface area contributed by atoms with Crippen LogP contribution in [0.1, 0.15) is 38.6 Å². The van der Waals surface area contributed by atoms with E-state index in [0.29, 0.717) is 35.4 Å². The summed E-state index contributed by atoms with van der Waals surface area (Å²) in [5.74, 6) is -0.755. The van der Waals surface area contributed by atoms with Crippen LogP contribution >= 0.6 is 12.4 Å². The van der Waals surface area contributed by atoms with Crippen molar-refractivity contribution in [1.82, 2.24) is 19.9 Å². The van der Waals surface area contributed by atoms with Crippen LogP contribution in [0, 0.1) is 26.6 Å². The number of benzene rings is 1. The van der Waals surface area contributed by atoms with Crippen LogP contribution in [0.15, 0.2) is 18.2 Å². The summed E-state index contributed by atoms with van der Waals surface area (Å²) >= 11 is 0. The number of aromatic nitrogens is 3. The van der Waals surface area contributed by atoms with Crippen LogP contribution in [-0.2, 0) is 13.0 Å². The van der Waals surface area contributed by atoms with Crippen molar-refractivity contribution in [2.45, 2.75) is 33.7 Å². The second-order valence-corrected chi connectivity index (χ2v) is 6.68. The Morgan fingerprint density at radius 1 is 1.30 bits per heavy atom. The van der Waals surface area contributed by atoms with Gasteiger partial charge in [-0.2, -0.15) is 5.10 Å². The van der Waals surface area contributed by atoms with E-state index in [-0.39, 0.29) is 23.9 Å². The fourth-order valence-electron chi connectivity index (χ4n) is 3.51. The normalized spacial score (nSPS) is 13.2. The molecule has 1 aliphatic rings. The van der Waals surface area contributed by atoms with E-state index >= 15 is 0 Å². The maximum absolute atomic E-state index is 14.8. The molecule has 3 aromatic rings. The third-order valence-electron chi connectivity index (χ3n) is 4.75. The molecular weight excluding hydrogens is 369 g/mol. The number of amides is 1. The molecule has 0 spiro atoms. The van der Waals surface area contributed by atoms with Gasteiger partial charge >= 0.3 is 0 Å². The predicted octanol–water partition coefficient (Wildman–Crippen LogP) is 3.11. The largest absolute Gasteiger partial charge is 0.319 e. The standard InChI is InChI=1S/C19H20FN5O.ClH/c1-10-8-11(2)25-18(22-10)16(12(3)24-25)19(26)23-15-5-4-13-9-21-7-6-14(13)17(15)20;/h4-5,8,21H,6-7,9H2,1-3H3,(H,23,26);1H. The van der Waals surface area contributed by atoms with Gasteiger partial charge in [-0.05, 0) is 57.0 Å². The topological polar surface area (TPSA) is 71.3 Å². The Morgan fingerprint density at radius 2 is 2.07 bits per heavy atom. The molecule has 2 aromatic heterocycles. The molecule has 2 N–H and O–H groups in total. The summed E-state index contributed by atoms with van der Waals surface area (Å²) < 4.78 is 16.5. The zero-order valence-electron chi connectivity index (χ0n) is 15.4. The first-order chi connectivity index (χ1) is 12.5. The molecular formula is C19H21ClFN5O. The van der Waals surface area contributed by atoms with Crippen LogP contribution in [-0.4, -0.2) is 27.0 Å². The summed E-state index contributed by atoms with van der Waals surface area (Å²) in [5.41, 5.74) is 4.91. The summed E-state index contributed by atoms with van der Waals surface area (Å²) in [6, 6.07) is 5.37. The molecule has 0 atom stereocenters. The Labute approximate surface area is 162 Å². The van der Waals surface area contributed by atoms with Gasteiger partial charge in [0, 0.05) is 17.9 Å². The number of fused-ring (bicyclic) bond motifs is 2. The monoisotopic (exact) mass is 389 g/mol. The van der Waals surface area contributed by atoms with Crippen LogP contribution in [0.3, 0.4) is 0 Å². The maximum Gasteiger partial charge on any atom is 0.261 e. The van der Waals surface area contributed by atoms with E-state index in [4.69, 9.17) is 0 Å². The molecule has 1 amide bonds. The molecule has 0 unspecified atom stereocenters. The average molecular weight is 390 g/mol. The van der Waals surface area contributed by atoms with Gasteiger partial charge in [0.05, 0.1) is 11.4 Å². The number of hydrogen-bond acceptors (Lipinski definition) is 4. The molecule has 142 valence electrons. The summed E-state index contributed by atoms with van der Waals surface area (Å²) in [7, 11) is 0. The number of carbonyl (C=O) groups is 1. The lowest BCUT2D eigenvalue weighted by atomic mass is 9.99. The first-order valence-electron chi connectivity index (χ1n) is 8.61. The molecule has 0 fully saturated rings. The summed E-state index contributed by atoms with van der Waals surface area (Å²) in [4.78, 5) is 17.3. The number of carbonyl (C=O) groups excluding carboxylic acids is 1. The summed E-state index contributed by atoms with van der Waals surface area (Å²) in [5, 5.41) is 10.3. The molecule has 0 radical (unpaired) electrons. The van der Waals surface area contributed by atoms with Crippen molar-refractivity contribution in [2.75, 3.05) is 11.9 Å². The second kappa shape index (κ2) is 7.25. The van der Waals surface area contributed by atoms with E-state index in [1.54, 1.807) is 17.5 Å². The fraction of sp³-hybridized carbons (Fsp3) is 0.316. The van der Waals surface area contributed by atoms with E-state index in [1.165, 1.54) is 0 Å². The Morgan fingerprint density at radius 3 is 2.85 bits per heavy atom. The molecule has 1 aromatic carbocycles. The Hall–Kier alpha value is -2.51. The van der Waals surface area contributed by atoms with E-state index in [2.05, 4.69) is 20.7 Å². The van der Waals surface area contributed by atoms with E-state index < -0.39 is 5.91 Å². The first kappa shape index (κ1) is 19.3. The van der Waals surface area contributed by atoms with Gasteiger partial charge in [-0.1, -0.05) is 6.07 Å². The molecule has 0 saturated heterocycles. The van der Waals surface area contributed by atoms with Gasteiger partial charge in [-0.25, -0.2) is 13.9 Å². The molecule has 0 saturated carbocycles. The number of halogens is 2. The number of nitrogens with zero attached hydrogens (tertiary/aromatic N) is 3. The van der Waals surface area contributed by atoms with Gasteiger partial charge in [0.25, 0.3) is 5.91 Å². The quantitative estimate of drug-likeness (QED) is 0.706. The van der Waals surface area contributed by atoms with Crippen molar-refractivity contribution in [3.63, 3.8) is 0 Å². The SMILES string of the molecule is Cc1cc(C)n2nc(C)c(C(=O)Nc3ccc4c(c3F)CCNC4)c2n1.Cl. The van der Waals surface area contributed by atoms with Crippen molar-refractivity contribution in [3.05, 3.63) is 57.8 Å². The second-order valence-electron chi connectivity index (χ2n) is 6.68. The van der Waals surface area contributed by atoms with Gasteiger partial charge in [0.15, 0.2) is 5.65 Å². The van der Waals surface area contributed by atoms with Crippen LogP contribution in [0.25, 0.3) is 5.65 Å². The number of anilines is 1. The Bertz CT molecular complexity index is 1050. The number of nitrogens with one attached hydrogen (secondary N) is 2. The molecule has 0 bridgehead atoms. The van der Waals surface area contributed by atoms with Crippen molar-refractivity contribution >= 4 is 29.6 Å². The van der Waals surface area contributed by atoms with E-state index in [0.717, 1.165) is 23.5 Å². The molecule has 0 aliphatic carbocycles. The van der Waals surface area contributed by atoms with E-state index in [1.807, 2.05) is 26.0 Å². The lowest BCUT2D eigenvalue weighted by molar-refractivity contribution is 0.102. The van der Waals surface area contributed by atoms with E-state index in [9.17, 15) is 9.18 Å². The van der Waals surface area contributed by atoms with Gasteiger partial charge < -0.3 is 10.6 Å². The highest BCUT2D eigenvalue weighted by atomic mass is 35.5. The van der Waals surface area contributed by atoms with Crippen molar-refractivity contribution < 1.29 is 9.18 Å². The minimum Gasteiger partial charge on any atom is -0.319 e. The minimum atomic E-state index is -0.400. The third-order valence-corrected chi connectivity index (χ3v) is 4.75.